The van der Waals surface area contributed by atoms with E-state index in [1.807, 2.05) is 24.3 Å². The molecule has 0 aromatic heterocycles. The van der Waals surface area contributed by atoms with E-state index >= 15 is 0 Å². The summed E-state index contributed by atoms with van der Waals surface area (Å²) in [6, 6.07) is 7.46. The van der Waals surface area contributed by atoms with E-state index in [4.69, 9.17) is 9.47 Å². The number of unbranched alkanes of at least 4 members (excludes halogenated alkanes) is 5. The van der Waals surface area contributed by atoms with E-state index < -0.39 is 6.09 Å². The van der Waals surface area contributed by atoms with Gasteiger partial charge >= 0.3 is 6.09 Å². The summed E-state index contributed by atoms with van der Waals surface area (Å²) in [6.07, 6.45) is 7.02. The fourth-order valence-electron chi connectivity index (χ4n) is 2.70. The molecule has 0 saturated heterocycles. The Morgan fingerprint density at radius 3 is 2.46 bits per heavy atom. The van der Waals surface area contributed by atoms with Crippen LogP contribution in [0.5, 0.6) is 5.75 Å². The summed E-state index contributed by atoms with van der Waals surface area (Å²) in [6.45, 7) is 10.2. The lowest BCUT2D eigenvalue weighted by molar-refractivity contribution is 0.142. The molecular formula is C21H36N2O3. The molecule has 0 aliphatic heterocycles. The predicted molar refractivity (Wildman–Crippen MR) is 108 cm³/mol. The molecule has 1 amide bonds. The predicted octanol–water partition coefficient (Wildman–Crippen LogP) is 5.32. The monoisotopic (exact) mass is 364 g/mol. The summed E-state index contributed by atoms with van der Waals surface area (Å²) in [5, 5.41) is 2.76. The molecule has 0 bridgehead atoms. The van der Waals surface area contributed by atoms with Crippen molar-refractivity contribution in [2.24, 2.45) is 0 Å². The van der Waals surface area contributed by atoms with Crippen molar-refractivity contribution in [2.75, 3.05) is 38.2 Å². The van der Waals surface area contributed by atoms with Gasteiger partial charge in [-0.2, -0.15) is 0 Å². The van der Waals surface area contributed by atoms with Gasteiger partial charge in [-0.25, -0.2) is 4.79 Å². The molecule has 0 saturated carbocycles. The molecule has 1 rings (SSSR count). The van der Waals surface area contributed by atoms with Crippen molar-refractivity contribution in [3.8, 4) is 5.75 Å². The first-order chi connectivity index (χ1) is 12.7. The van der Waals surface area contributed by atoms with Crippen LogP contribution in [-0.4, -0.2) is 43.8 Å². The van der Waals surface area contributed by atoms with Gasteiger partial charge in [0, 0.05) is 18.3 Å². The molecule has 1 aromatic rings. The highest BCUT2D eigenvalue weighted by atomic mass is 16.5. The Morgan fingerprint density at radius 2 is 1.73 bits per heavy atom. The number of amides is 1. The largest absolute Gasteiger partial charge is 0.494 e. The number of ether oxygens (including phenoxy) is 2. The summed E-state index contributed by atoms with van der Waals surface area (Å²) in [7, 11) is 0. The highest BCUT2D eigenvalue weighted by Crippen LogP contribution is 2.18. The highest BCUT2D eigenvalue weighted by molar-refractivity contribution is 5.84. The maximum absolute atomic E-state index is 11.9. The molecule has 0 aliphatic rings. The standard InChI is InChI=1S/C21H36N2O3/c1-4-7-8-9-10-11-16-25-20-14-12-13-19(18-20)22-21(24)26-17-15-23(5-2)6-3/h12-14,18H,4-11,15-17H2,1-3H3,(H,22,24). The third kappa shape index (κ3) is 10.3. The lowest BCUT2D eigenvalue weighted by Gasteiger charge is -2.17. The van der Waals surface area contributed by atoms with Crippen molar-refractivity contribution >= 4 is 11.8 Å². The van der Waals surface area contributed by atoms with Crippen LogP contribution >= 0.6 is 0 Å². The summed E-state index contributed by atoms with van der Waals surface area (Å²) in [4.78, 5) is 14.1. The minimum Gasteiger partial charge on any atom is -0.494 e. The van der Waals surface area contributed by atoms with Crippen LogP contribution in [0.25, 0.3) is 0 Å². The van der Waals surface area contributed by atoms with Crippen molar-refractivity contribution in [1.82, 2.24) is 4.90 Å². The zero-order valence-corrected chi connectivity index (χ0v) is 16.8. The first kappa shape index (κ1) is 22.3. The summed E-state index contributed by atoms with van der Waals surface area (Å²) < 4.78 is 11.0. The molecule has 0 unspecified atom stereocenters. The normalized spacial score (nSPS) is 10.8. The fourth-order valence-corrected chi connectivity index (χ4v) is 2.70. The van der Waals surface area contributed by atoms with Crippen LogP contribution in [0.15, 0.2) is 24.3 Å². The zero-order chi connectivity index (χ0) is 19.0. The van der Waals surface area contributed by atoms with E-state index in [0.29, 0.717) is 18.9 Å². The van der Waals surface area contributed by atoms with Crippen LogP contribution in [0.1, 0.15) is 59.3 Å². The molecule has 148 valence electrons. The fraction of sp³-hybridized carbons (Fsp3) is 0.667. The maximum atomic E-state index is 11.9. The van der Waals surface area contributed by atoms with E-state index in [-0.39, 0.29) is 0 Å². The molecule has 1 aromatic carbocycles. The second-order valence-electron chi connectivity index (χ2n) is 6.43. The third-order valence-electron chi connectivity index (χ3n) is 4.38. The number of carbonyl (C=O) groups excluding carboxylic acids is 1. The van der Waals surface area contributed by atoms with Crippen LogP contribution < -0.4 is 10.1 Å². The van der Waals surface area contributed by atoms with Gasteiger partial charge in [-0.05, 0) is 31.6 Å². The van der Waals surface area contributed by atoms with Gasteiger partial charge in [0.05, 0.1) is 6.61 Å². The highest BCUT2D eigenvalue weighted by Gasteiger charge is 2.06. The lowest BCUT2D eigenvalue weighted by Crippen LogP contribution is -2.28. The number of hydrogen-bond donors (Lipinski definition) is 1. The Hall–Kier alpha value is -1.75. The van der Waals surface area contributed by atoms with E-state index in [1.54, 1.807) is 0 Å². The van der Waals surface area contributed by atoms with Gasteiger partial charge in [-0.1, -0.05) is 58.9 Å². The minimum absolute atomic E-state index is 0.391. The van der Waals surface area contributed by atoms with Crippen LogP contribution in [0.3, 0.4) is 0 Å². The molecule has 5 heteroatoms. The van der Waals surface area contributed by atoms with Crippen molar-refractivity contribution in [3.05, 3.63) is 24.3 Å². The van der Waals surface area contributed by atoms with E-state index in [2.05, 4.69) is 31.0 Å². The maximum Gasteiger partial charge on any atom is 0.411 e. The van der Waals surface area contributed by atoms with Gasteiger partial charge in [-0.15, -0.1) is 0 Å². The molecule has 5 nitrogen and oxygen atoms in total. The number of anilines is 1. The van der Waals surface area contributed by atoms with E-state index in [0.717, 1.165) is 31.8 Å². The van der Waals surface area contributed by atoms with Gasteiger partial charge in [0.2, 0.25) is 0 Å². The second-order valence-corrected chi connectivity index (χ2v) is 6.43. The topological polar surface area (TPSA) is 50.8 Å². The number of benzene rings is 1. The molecule has 26 heavy (non-hydrogen) atoms. The Labute approximate surface area is 159 Å². The number of hydrogen-bond acceptors (Lipinski definition) is 4. The molecule has 0 heterocycles. The van der Waals surface area contributed by atoms with Crippen molar-refractivity contribution in [2.45, 2.75) is 59.3 Å². The minimum atomic E-state index is -0.426. The molecule has 0 radical (unpaired) electrons. The zero-order valence-electron chi connectivity index (χ0n) is 16.8. The number of carbonyl (C=O) groups is 1. The number of rotatable bonds is 14. The Morgan fingerprint density at radius 1 is 1.00 bits per heavy atom. The van der Waals surface area contributed by atoms with E-state index in [1.165, 1.54) is 32.1 Å². The molecule has 0 spiro atoms. The molecule has 0 aliphatic carbocycles. The smallest absolute Gasteiger partial charge is 0.411 e. The average Bonchev–Trinajstić information content (AvgIpc) is 2.65. The van der Waals surface area contributed by atoms with Crippen LogP contribution in [0.2, 0.25) is 0 Å². The second kappa shape index (κ2) is 14.4. The quantitative estimate of drug-likeness (QED) is 0.454. The van der Waals surface area contributed by atoms with Gasteiger partial charge in [-0.3, -0.25) is 5.32 Å². The number of likely N-dealkylation sites (N-methyl/N-ethyl adjacent to an activating group) is 1. The molecular weight excluding hydrogens is 328 g/mol. The summed E-state index contributed by atoms with van der Waals surface area (Å²) >= 11 is 0. The Balaban J connectivity index is 2.25. The Bertz CT molecular complexity index is 490. The summed E-state index contributed by atoms with van der Waals surface area (Å²) in [5.41, 5.74) is 0.693. The van der Waals surface area contributed by atoms with Crippen LogP contribution in [0.4, 0.5) is 10.5 Å². The van der Waals surface area contributed by atoms with Crippen LogP contribution in [-0.2, 0) is 4.74 Å². The van der Waals surface area contributed by atoms with Gasteiger partial charge in [0.1, 0.15) is 12.4 Å². The van der Waals surface area contributed by atoms with Crippen molar-refractivity contribution in [1.29, 1.82) is 0 Å². The summed E-state index contributed by atoms with van der Waals surface area (Å²) in [5.74, 6) is 0.777. The average molecular weight is 365 g/mol. The first-order valence-electron chi connectivity index (χ1n) is 10.1. The number of nitrogens with one attached hydrogen (secondary N) is 1. The van der Waals surface area contributed by atoms with Crippen molar-refractivity contribution in [3.63, 3.8) is 0 Å². The van der Waals surface area contributed by atoms with Crippen molar-refractivity contribution < 1.29 is 14.3 Å². The molecule has 0 atom stereocenters. The number of nitrogens with zero attached hydrogens (tertiary/aromatic N) is 1. The Kier molecular flexibility index (Phi) is 12.4. The van der Waals surface area contributed by atoms with Gasteiger partial charge in [0.15, 0.2) is 0 Å². The first-order valence-corrected chi connectivity index (χ1v) is 10.1. The lowest BCUT2D eigenvalue weighted by atomic mass is 10.1. The SMILES string of the molecule is CCCCCCCCOc1cccc(NC(=O)OCCN(CC)CC)c1. The van der Waals surface area contributed by atoms with E-state index in [9.17, 15) is 4.79 Å². The third-order valence-corrected chi connectivity index (χ3v) is 4.38. The van der Waals surface area contributed by atoms with Crippen LogP contribution in [0, 0.1) is 0 Å². The van der Waals surface area contributed by atoms with Gasteiger partial charge in [0.25, 0.3) is 0 Å². The van der Waals surface area contributed by atoms with Gasteiger partial charge < -0.3 is 14.4 Å². The molecule has 0 fully saturated rings. The molecule has 1 N–H and O–H groups in total.